The van der Waals surface area contributed by atoms with Crippen molar-refractivity contribution >= 4 is 0 Å². The fraction of sp³-hybridized carbons (Fsp3) is 0.769. The molecule has 16 heavy (non-hydrogen) atoms. The van der Waals surface area contributed by atoms with Gasteiger partial charge in [-0.05, 0) is 49.8 Å². The first-order valence-corrected chi connectivity index (χ1v) is 6.40. The fourth-order valence-corrected chi connectivity index (χ4v) is 2.58. The maximum absolute atomic E-state index is 4.40. The van der Waals surface area contributed by atoms with Crippen molar-refractivity contribution in [1.82, 2.24) is 15.1 Å². The number of aryl methyl sites for hydroxylation is 1. The van der Waals surface area contributed by atoms with E-state index in [0.717, 1.165) is 5.92 Å². The summed E-state index contributed by atoms with van der Waals surface area (Å²) in [5.41, 5.74) is 2.86. The molecule has 0 bridgehead atoms. The lowest BCUT2D eigenvalue weighted by Crippen LogP contribution is -2.31. The molecule has 0 saturated carbocycles. The van der Waals surface area contributed by atoms with Crippen molar-refractivity contribution in [2.75, 3.05) is 13.1 Å². The van der Waals surface area contributed by atoms with Crippen LogP contribution >= 0.6 is 0 Å². The van der Waals surface area contributed by atoms with Crippen LogP contribution in [0.4, 0.5) is 0 Å². The van der Waals surface area contributed by atoms with E-state index < -0.39 is 0 Å². The minimum absolute atomic E-state index is 0.584. The van der Waals surface area contributed by atoms with E-state index in [4.69, 9.17) is 0 Å². The Labute approximate surface area is 98.2 Å². The van der Waals surface area contributed by atoms with Crippen LogP contribution in [-0.2, 0) is 13.5 Å². The lowest BCUT2D eigenvalue weighted by molar-refractivity contribution is 0.368. The summed E-state index contributed by atoms with van der Waals surface area (Å²) in [5, 5.41) is 7.89. The SMILES string of the molecule is CC(C)c1cnn(C)c1CC1CCCNC1. The summed E-state index contributed by atoms with van der Waals surface area (Å²) >= 11 is 0. The minimum Gasteiger partial charge on any atom is -0.316 e. The molecule has 1 aromatic rings. The highest BCUT2D eigenvalue weighted by Crippen LogP contribution is 2.23. The van der Waals surface area contributed by atoms with Crippen molar-refractivity contribution < 1.29 is 0 Å². The minimum atomic E-state index is 0.584. The van der Waals surface area contributed by atoms with E-state index in [1.54, 1.807) is 0 Å². The molecule has 0 aromatic carbocycles. The van der Waals surface area contributed by atoms with Crippen molar-refractivity contribution in [1.29, 1.82) is 0 Å². The van der Waals surface area contributed by atoms with Gasteiger partial charge in [-0.1, -0.05) is 13.8 Å². The standard InChI is InChI=1S/C13H23N3/c1-10(2)12-9-15-16(3)13(12)7-11-5-4-6-14-8-11/h9-11,14H,4-8H2,1-3H3. The van der Waals surface area contributed by atoms with E-state index in [1.165, 1.54) is 43.6 Å². The third-order valence-electron chi connectivity index (χ3n) is 3.60. The number of hydrogen-bond acceptors (Lipinski definition) is 2. The zero-order valence-electron chi connectivity index (χ0n) is 10.7. The van der Waals surface area contributed by atoms with Crippen LogP contribution in [0.2, 0.25) is 0 Å². The largest absolute Gasteiger partial charge is 0.316 e. The molecule has 3 heteroatoms. The highest BCUT2D eigenvalue weighted by Gasteiger charge is 2.18. The molecule has 1 saturated heterocycles. The van der Waals surface area contributed by atoms with E-state index >= 15 is 0 Å². The summed E-state index contributed by atoms with van der Waals surface area (Å²) in [5.74, 6) is 1.38. The highest BCUT2D eigenvalue weighted by atomic mass is 15.3. The monoisotopic (exact) mass is 221 g/mol. The molecule has 1 fully saturated rings. The Morgan fingerprint density at radius 2 is 2.38 bits per heavy atom. The van der Waals surface area contributed by atoms with Crippen molar-refractivity contribution in [2.45, 2.75) is 39.0 Å². The third kappa shape index (κ3) is 2.46. The average molecular weight is 221 g/mol. The zero-order valence-corrected chi connectivity index (χ0v) is 10.7. The Hall–Kier alpha value is -0.830. The molecule has 2 rings (SSSR count). The maximum atomic E-state index is 4.40. The molecule has 1 atom stereocenters. The van der Waals surface area contributed by atoms with Gasteiger partial charge in [0.2, 0.25) is 0 Å². The summed E-state index contributed by atoms with van der Waals surface area (Å²) in [6.45, 7) is 6.86. The summed E-state index contributed by atoms with van der Waals surface area (Å²) in [6.07, 6.45) is 5.89. The Morgan fingerprint density at radius 1 is 1.56 bits per heavy atom. The van der Waals surface area contributed by atoms with E-state index in [1.807, 2.05) is 6.20 Å². The lowest BCUT2D eigenvalue weighted by atomic mass is 9.91. The number of aromatic nitrogens is 2. The first-order valence-electron chi connectivity index (χ1n) is 6.40. The average Bonchev–Trinajstić information content (AvgIpc) is 2.62. The number of rotatable bonds is 3. The van der Waals surface area contributed by atoms with Gasteiger partial charge in [0.25, 0.3) is 0 Å². The summed E-state index contributed by atoms with van der Waals surface area (Å²) in [6, 6.07) is 0. The maximum Gasteiger partial charge on any atom is 0.0527 e. The highest BCUT2D eigenvalue weighted by molar-refractivity contribution is 5.22. The second kappa shape index (κ2) is 5.00. The van der Waals surface area contributed by atoms with Gasteiger partial charge in [0.15, 0.2) is 0 Å². The van der Waals surface area contributed by atoms with Crippen LogP contribution in [0, 0.1) is 5.92 Å². The van der Waals surface area contributed by atoms with Gasteiger partial charge in [0.1, 0.15) is 0 Å². The summed E-state index contributed by atoms with van der Waals surface area (Å²) in [4.78, 5) is 0. The molecule has 1 aromatic heterocycles. The smallest absolute Gasteiger partial charge is 0.0527 e. The Bertz CT molecular complexity index is 335. The van der Waals surface area contributed by atoms with Crippen LogP contribution in [0.3, 0.4) is 0 Å². The topological polar surface area (TPSA) is 29.9 Å². The first kappa shape index (κ1) is 11.6. The molecular weight excluding hydrogens is 198 g/mol. The number of nitrogens with zero attached hydrogens (tertiary/aromatic N) is 2. The van der Waals surface area contributed by atoms with Gasteiger partial charge in [0.05, 0.1) is 6.20 Å². The van der Waals surface area contributed by atoms with Gasteiger partial charge in [0, 0.05) is 12.7 Å². The van der Waals surface area contributed by atoms with Gasteiger partial charge in [-0.2, -0.15) is 5.10 Å². The fourth-order valence-electron chi connectivity index (χ4n) is 2.58. The number of nitrogens with one attached hydrogen (secondary N) is 1. The Balaban J connectivity index is 2.09. The number of piperidine rings is 1. The second-order valence-corrected chi connectivity index (χ2v) is 5.24. The normalized spacial score (nSPS) is 21.6. The molecule has 0 amide bonds. The van der Waals surface area contributed by atoms with E-state index in [0.29, 0.717) is 5.92 Å². The molecule has 0 radical (unpaired) electrons. The third-order valence-corrected chi connectivity index (χ3v) is 3.60. The molecule has 2 heterocycles. The van der Waals surface area contributed by atoms with Crippen LogP contribution in [0.5, 0.6) is 0 Å². The van der Waals surface area contributed by atoms with Crippen molar-refractivity contribution in [3.8, 4) is 0 Å². The van der Waals surface area contributed by atoms with Gasteiger partial charge >= 0.3 is 0 Å². The molecule has 1 aliphatic heterocycles. The van der Waals surface area contributed by atoms with E-state index in [2.05, 4.69) is 36.0 Å². The van der Waals surface area contributed by atoms with E-state index in [-0.39, 0.29) is 0 Å². The summed E-state index contributed by atoms with van der Waals surface area (Å²) < 4.78 is 2.06. The molecule has 0 aliphatic carbocycles. The van der Waals surface area contributed by atoms with Crippen LogP contribution in [0.15, 0.2) is 6.20 Å². The predicted molar refractivity (Wildman–Crippen MR) is 66.6 cm³/mol. The van der Waals surface area contributed by atoms with Crippen LogP contribution < -0.4 is 5.32 Å². The Kier molecular flexibility index (Phi) is 3.64. The van der Waals surface area contributed by atoms with Crippen molar-refractivity contribution in [3.63, 3.8) is 0 Å². The molecule has 90 valence electrons. The van der Waals surface area contributed by atoms with Gasteiger partial charge in [-0.25, -0.2) is 0 Å². The zero-order chi connectivity index (χ0) is 11.5. The van der Waals surface area contributed by atoms with Crippen LogP contribution in [0.1, 0.15) is 43.9 Å². The number of hydrogen-bond donors (Lipinski definition) is 1. The van der Waals surface area contributed by atoms with Gasteiger partial charge in [-0.15, -0.1) is 0 Å². The molecule has 0 spiro atoms. The van der Waals surface area contributed by atoms with Crippen molar-refractivity contribution in [3.05, 3.63) is 17.5 Å². The molecule has 1 aliphatic rings. The molecule has 1 N–H and O–H groups in total. The molecule has 1 unspecified atom stereocenters. The van der Waals surface area contributed by atoms with Gasteiger partial charge < -0.3 is 5.32 Å². The lowest BCUT2D eigenvalue weighted by Gasteiger charge is -2.23. The van der Waals surface area contributed by atoms with Crippen LogP contribution in [-0.4, -0.2) is 22.9 Å². The van der Waals surface area contributed by atoms with Crippen molar-refractivity contribution in [2.24, 2.45) is 13.0 Å². The predicted octanol–water partition coefficient (Wildman–Crippen LogP) is 2.09. The first-order chi connectivity index (χ1) is 7.68. The van der Waals surface area contributed by atoms with Crippen LogP contribution in [0.25, 0.3) is 0 Å². The van der Waals surface area contributed by atoms with Gasteiger partial charge in [-0.3, -0.25) is 4.68 Å². The molecular formula is C13H23N3. The summed E-state index contributed by atoms with van der Waals surface area (Å²) in [7, 11) is 2.07. The van der Waals surface area contributed by atoms with E-state index in [9.17, 15) is 0 Å². The Morgan fingerprint density at radius 3 is 3.00 bits per heavy atom. The quantitative estimate of drug-likeness (QED) is 0.847. The molecule has 3 nitrogen and oxygen atoms in total. The second-order valence-electron chi connectivity index (χ2n) is 5.24.